The van der Waals surface area contributed by atoms with Gasteiger partial charge in [-0.15, -0.1) is 11.3 Å². The van der Waals surface area contributed by atoms with Crippen molar-refractivity contribution in [3.63, 3.8) is 0 Å². The summed E-state index contributed by atoms with van der Waals surface area (Å²) < 4.78 is 25.3. The number of thiophene rings is 1. The van der Waals surface area contributed by atoms with Gasteiger partial charge in [0.15, 0.2) is 5.78 Å². The third-order valence-corrected chi connectivity index (χ3v) is 9.62. The standard InChI is InChI=1S/C29H28O10SSe/c1-36-20-11-17-13-27(19(31)5-7-29(34)35)41-26(17)15-23(20)39-9-3-8-38-22-10-16-12-25(18(30)4-6-28(32)33)40-24(16)14-21(22)37-2/h10-15H,3-9H2,1-2H3,(H,32,33)(H,34,35). The zero-order valence-electron chi connectivity index (χ0n) is 22.4. The number of aliphatic carboxylic acids is 2. The fourth-order valence-corrected chi connectivity index (χ4v) is 7.25. The van der Waals surface area contributed by atoms with E-state index in [1.807, 2.05) is 12.1 Å². The van der Waals surface area contributed by atoms with Gasteiger partial charge in [0.05, 0.1) is 11.3 Å². The Hall–Kier alpha value is -3.86. The van der Waals surface area contributed by atoms with Gasteiger partial charge in [-0.25, -0.2) is 0 Å². The van der Waals surface area contributed by atoms with Crippen molar-refractivity contribution in [3.8, 4) is 23.0 Å². The van der Waals surface area contributed by atoms with Gasteiger partial charge in [0.1, 0.15) is 0 Å². The Labute approximate surface area is 245 Å². The van der Waals surface area contributed by atoms with Gasteiger partial charge in [-0.05, 0) is 0 Å². The Balaban J connectivity index is 1.36. The predicted molar refractivity (Wildman–Crippen MR) is 154 cm³/mol. The van der Waals surface area contributed by atoms with E-state index in [9.17, 15) is 19.2 Å². The number of ether oxygens (including phenoxy) is 4. The molecule has 4 aromatic rings. The molecule has 216 valence electrons. The fraction of sp³-hybridized carbons (Fsp3) is 0.310. The summed E-state index contributed by atoms with van der Waals surface area (Å²) in [6.45, 7) is 0.669. The number of ketones is 2. The second-order valence-electron chi connectivity index (χ2n) is 8.99. The minimum atomic E-state index is -1.01. The van der Waals surface area contributed by atoms with E-state index in [2.05, 4.69) is 0 Å². The van der Waals surface area contributed by atoms with E-state index in [0.717, 1.165) is 19.7 Å². The Morgan fingerprint density at radius 2 is 1.29 bits per heavy atom. The predicted octanol–water partition coefficient (Wildman–Crippen LogP) is 5.07. The number of carbonyl (C=O) groups is 4. The summed E-state index contributed by atoms with van der Waals surface area (Å²) in [5.74, 6) is -0.244. The zero-order valence-corrected chi connectivity index (χ0v) is 24.9. The number of methoxy groups -OCH3 is 2. The molecule has 0 aliphatic heterocycles. The van der Waals surface area contributed by atoms with Crippen molar-refractivity contribution in [2.24, 2.45) is 0 Å². The molecule has 2 aromatic carbocycles. The first-order valence-corrected chi connectivity index (χ1v) is 15.2. The van der Waals surface area contributed by atoms with Gasteiger partial charge in [0, 0.05) is 6.42 Å². The third kappa shape index (κ3) is 7.66. The molecule has 0 fully saturated rings. The van der Waals surface area contributed by atoms with Crippen molar-refractivity contribution in [1.82, 2.24) is 0 Å². The van der Waals surface area contributed by atoms with E-state index in [1.165, 1.54) is 18.4 Å². The van der Waals surface area contributed by atoms with Crippen LogP contribution in [0.1, 0.15) is 51.0 Å². The Kier molecular flexibility index (Phi) is 10.0. The van der Waals surface area contributed by atoms with Crippen LogP contribution in [0.25, 0.3) is 19.7 Å². The van der Waals surface area contributed by atoms with E-state index < -0.39 is 11.9 Å². The summed E-state index contributed by atoms with van der Waals surface area (Å²) in [6, 6.07) is 10.8. The molecule has 0 unspecified atom stereocenters. The van der Waals surface area contributed by atoms with Crippen LogP contribution >= 0.6 is 11.3 Å². The van der Waals surface area contributed by atoms with E-state index >= 15 is 0 Å². The quantitative estimate of drug-likeness (QED) is 0.0960. The molecule has 2 heterocycles. The molecule has 2 N–H and O–H groups in total. The SMILES string of the molecule is COc1cc2sc(C(=O)CCC(=O)O)cc2cc1OCCCOc1cc2[se]c(C(=O)CCC(=O)O)cc2cc1OC. The fourth-order valence-electron chi connectivity index (χ4n) is 4.02. The van der Waals surface area contributed by atoms with Crippen molar-refractivity contribution in [2.75, 3.05) is 27.4 Å². The molecule has 0 saturated heterocycles. The Morgan fingerprint density at radius 1 is 0.707 bits per heavy atom. The number of fused-ring (bicyclic) bond motifs is 2. The number of carboxylic acid groups (broad SMARTS) is 2. The molecule has 0 bridgehead atoms. The first-order valence-electron chi connectivity index (χ1n) is 12.7. The molecule has 0 amide bonds. The topological polar surface area (TPSA) is 146 Å². The zero-order chi connectivity index (χ0) is 29.5. The van der Waals surface area contributed by atoms with E-state index in [1.54, 1.807) is 31.4 Å². The van der Waals surface area contributed by atoms with E-state index in [4.69, 9.17) is 29.2 Å². The number of rotatable bonds is 16. The van der Waals surface area contributed by atoms with Crippen LogP contribution < -0.4 is 18.9 Å². The molecule has 0 aliphatic rings. The molecule has 0 atom stereocenters. The minimum absolute atomic E-state index is 0.0202. The summed E-state index contributed by atoms with van der Waals surface area (Å²) in [5, 5.41) is 19.4. The van der Waals surface area contributed by atoms with Crippen LogP contribution in [0.3, 0.4) is 0 Å². The van der Waals surface area contributed by atoms with Gasteiger partial charge < -0.3 is 5.11 Å². The summed E-state index contributed by atoms with van der Waals surface area (Å²) in [6.07, 6.45) is 0.0725. The molecule has 0 aliphatic carbocycles. The molecule has 0 saturated carbocycles. The number of carbonyl (C=O) groups excluding carboxylic acids is 2. The first-order chi connectivity index (χ1) is 19.7. The van der Waals surface area contributed by atoms with Crippen LogP contribution in [0, 0.1) is 0 Å². The summed E-state index contributed by atoms with van der Waals surface area (Å²) >= 11 is 1.05. The number of hydrogen-bond donors (Lipinski definition) is 2. The molecule has 41 heavy (non-hydrogen) atoms. The van der Waals surface area contributed by atoms with Crippen LogP contribution in [-0.2, 0) is 9.59 Å². The summed E-state index contributed by atoms with van der Waals surface area (Å²) in [5.41, 5.74) is 0. The summed E-state index contributed by atoms with van der Waals surface area (Å²) in [7, 11) is 3.07. The second kappa shape index (κ2) is 13.7. The van der Waals surface area contributed by atoms with Gasteiger partial charge >= 0.3 is 196 Å². The Morgan fingerprint density at radius 3 is 1.93 bits per heavy atom. The molecule has 0 radical (unpaired) electrons. The average Bonchev–Trinajstić information content (AvgIpc) is 3.56. The molecule has 4 rings (SSSR count). The van der Waals surface area contributed by atoms with Gasteiger partial charge in [0.2, 0.25) is 0 Å². The van der Waals surface area contributed by atoms with Crippen LogP contribution in [-0.4, -0.2) is 75.7 Å². The van der Waals surface area contributed by atoms with Crippen LogP contribution in [0.5, 0.6) is 23.0 Å². The van der Waals surface area contributed by atoms with Gasteiger partial charge in [-0.3, -0.25) is 9.59 Å². The molecule has 2 aromatic heterocycles. The molecular formula is C29H28O10SSe. The molecule has 12 heteroatoms. The van der Waals surface area contributed by atoms with Crippen molar-refractivity contribution in [3.05, 3.63) is 45.7 Å². The average molecular weight is 648 g/mol. The van der Waals surface area contributed by atoms with Crippen molar-refractivity contribution >= 4 is 69.1 Å². The maximum atomic E-state index is 12.4. The monoisotopic (exact) mass is 648 g/mol. The summed E-state index contributed by atoms with van der Waals surface area (Å²) in [4.78, 5) is 46.8. The van der Waals surface area contributed by atoms with E-state index in [-0.39, 0.29) is 51.8 Å². The van der Waals surface area contributed by atoms with Crippen LogP contribution in [0.4, 0.5) is 0 Å². The van der Waals surface area contributed by atoms with Gasteiger partial charge in [-0.2, -0.15) is 0 Å². The first kappa shape index (κ1) is 30.1. The molecule has 0 spiro atoms. The molecular weight excluding hydrogens is 619 g/mol. The third-order valence-electron chi connectivity index (χ3n) is 6.09. The van der Waals surface area contributed by atoms with E-state index in [0.29, 0.717) is 51.9 Å². The number of carboxylic acids is 2. The maximum absolute atomic E-state index is 12.4. The van der Waals surface area contributed by atoms with Crippen LogP contribution in [0.15, 0.2) is 36.4 Å². The Bertz CT molecular complexity index is 1480. The normalized spacial score (nSPS) is 11.0. The van der Waals surface area contributed by atoms with Gasteiger partial charge in [-0.1, -0.05) is 0 Å². The van der Waals surface area contributed by atoms with Crippen molar-refractivity contribution in [1.29, 1.82) is 0 Å². The number of Topliss-reactive ketones (excluding diaryl/α,β-unsaturated/α-hetero) is 2. The van der Waals surface area contributed by atoms with Crippen molar-refractivity contribution in [2.45, 2.75) is 32.1 Å². The van der Waals surface area contributed by atoms with Crippen LogP contribution in [0.2, 0.25) is 0 Å². The van der Waals surface area contributed by atoms with Gasteiger partial charge in [0.25, 0.3) is 0 Å². The van der Waals surface area contributed by atoms with Crippen molar-refractivity contribution < 1.29 is 48.3 Å². The second-order valence-corrected chi connectivity index (χ2v) is 12.3. The number of hydrogen-bond acceptors (Lipinski definition) is 9. The molecule has 10 nitrogen and oxygen atoms in total. The number of benzene rings is 2.